The van der Waals surface area contributed by atoms with E-state index in [4.69, 9.17) is 0 Å². The van der Waals surface area contributed by atoms with Crippen molar-refractivity contribution in [3.8, 4) is 11.5 Å². The van der Waals surface area contributed by atoms with Gasteiger partial charge in [-0.2, -0.15) is 0 Å². The number of phenolic OH excluding ortho intramolecular Hbond substituents is 2. The third-order valence-electron chi connectivity index (χ3n) is 4.47. The van der Waals surface area contributed by atoms with Gasteiger partial charge in [-0.3, -0.25) is 10.1 Å². The van der Waals surface area contributed by atoms with E-state index in [0.717, 1.165) is 42.6 Å². The molecule has 0 saturated carbocycles. The highest BCUT2D eigenvalue weighted by atomic mass is 32.1. The van der Waals surface area contributed by atoms with E-state index in [1.807, 2.05) is 0 Å². The van der Waals surface area contributed by atoms with Gasteiger partial charge < -0.3 is 10.2 Å². The Balaban J connectivity index is 2.36. The molecule has 1 aromatic carbocycles. The third kappa shape index (κ3) is 4.60. The number of azo groups is 1. The predicted octanol–water partition coefficient (Wildman–Crippen LogP) is 5.93. The van der Waals surface area contributed by atoms with E-state index in [2.05, 4.69) is 22.1 Å². The standard InChI is InChI=1S/C18H24N4O4S/c1-5-6-7-8-9-13-10(2)14(16(24)11(3)15(13)23)20-21-18-19-12(4)17(27-18)22(25)26/h23-24H,5-9H2,1-4H3. The second kappa shape index (κ2) is 8.90. The summed E-state index contributed by atoms with van der Waals surface area (Å²) in [4.78, 5) is 14.4. The van der Waals surface area contributed by atoms with Crippen molar-refractivity contribution in [2.75, 3.05) is 0 Å². The van der Waals surface area contributed by atoms with Gasteiger partial charge in [-0.05, 0) is 56.1 Å². The largest absolute Gasteiger partial charge is 0.507 e. The summed E-state index contributed by atoms with van der Waals surface area (Å²) in [5.41, 5.74) is 2.28. The first-order valence-electron chi connectivity index (χ1n) is 8.85. The summed E-state index contributed by atoms with van der Waals surface area (Å²) in [6.07, 6.45) is 4.93. The molecule has 1 aromatic heterocycles. The maximum Gasteiger partial charge on any atom is 0.348 e. The Morgan fingerprint density at radius 2 is 1.78 bits per heavy atom. The van der Waals surface area contributed by atoms with Gasteiger partial charge in [-0.25, -0.2) is 4.98 Å². The second-order valence-corrected chi connectivity index (χ2v) is 7.39. The number of hydrogen-bond donors (Lipinski definition) is 2. The molecule has 0 atom stereocenters. The Morgan fingerprint density at radius 3 is 2.37 bits per heavy atom. The zero-order valence-electron chi connectivity index (χ0n) is 15.9. The van der Waals surface area contributed by atoms with Crippen LogP contribution >= 0.6 is 11.3 Å². The molecular weight excluding hydrogens is 368 g/mol. The fourth-order valence-electron chi connectivity index (χ4n) is 2.85. The number of unbranched alkanes of at least 4 members (excludes halogenated alkanes) is 3. The van der Waals surface area contributed by atoms with Crippen LogP contribution < -0.4 is 0 Å². The van der Waals surface area contributed by atoms with Gasteiger partial charge in [-0.15, -0.1) is 10.2 Å². The lowest BCUT2D eigenvalue weighted by Gasteiger charge is -2.15. The molecule has 0 amide bonds. The van der Waals surface area contributed by atoms with Crippen molar-refractivity contribution < 1.29 is 15.1 Å². The van der Waals surface area contributed by atoms with E-state index >= 15 is 0 Å². The molecule has 0 spiro atoms. The van der Waals surface area contributed by atoms with Crippen LogP contribution in [0.3, 0.4) is 0 Å². The minimum atomic E-state index is -0.506. The molecule has 0 aliphatic carbocycles. The normalized spacial score (nSPS) is 11.4. The summed E-state index contributed by atoms with van der Waals surface area (Å²) in [7, 11) is 0. The monoisotopic (exact) mass is 392 g/mol. The number of aromatic nitrogens is 1. The van der Waals surface area contributed by atoms with Gasteiger partial charge in [0.15, 0.2) is 0 Å². The van der Waals surface area contributed by atoms with Crippen molar-refractivity contribution in [3.63, 3.8) is 0 Å². The number of nitrogens with zero attached hydrogens (tertiary/aromatic N) is 4. The molecule has 0 fully saturated rings. The Hall–Kier alpha value is -2.55. The number of nitro groups is 1. The van der Waals surface area contributed by atoms with Crippen LogP contribution in [0.4, 0.5) is 15.8 Å². The van der Waals surface area contributed by atoms with Gasteiger partial charge in [-0.1, -0.05) is 26.2 Å². The van der Waals surface area contributed by atoms with Crippen LogP contribution in [0.25, 0.3) is 0 Å². The Labute approximate surface area is 161 Å². The summed E-state index contributed by atoms with van der Waals surface area (Å²) in [5.74, 6) is -0.0602. The molecule has 0 aliphatic heterocycles. The first kappa shape index (κ1) is 20.8. The van der Waals surface area contributed by atoms with Crippen LogP contribution in [-0.2, 0) is 6.42 Å². The van der Waals surface area contributed by atoms with Crippen LogP contribution in [0.1, 0.15) is 55.0 Å². The lowest BCUT2D eigenvalue weighted by atomic mass is 9.96. The van der Waals surface area contributed by atoms with Crippen LogP contribution in [0.2, 0.25) is 0 Å². The number of aromatic hydroxyl groups is 2. The summed E-state index contributed by atoms with van der Waals surface area (Å²) in [6, 6.07) is 0. The first-order valence-corrected chi connectivity index (χ1v) is 9.67. The molecular formula is C18H24N4O4S. The van der Waals surface area contributed by atoms with E-state index in [0.29, 0.717) is 17.5 Å². The average Bonchev–Trinajstić information content (AvgIpc) is 3.00. The van der Waals surface area contributed by atoms with Crippen molar-refractivity contribution in [2.24, 2.45) is 10.2 Å². The van der Waals surface area contributed by atoms with Crippen molar-refractivity contribution in [2.45, 2.75) is 59.8 Å². The number of thiazole rings is 1. The molecule has 27 heavy (non-hydrogen) atoms. The topological polar surface area (TPSA) is 121 Å². The first-order chi connectivity index (χ1) is 12.8. The molecule has 2 aromatic rings. The van der Waals surface area contributed by atoms with Crippen molar-refractivity contribution >= 4 is 27.2 Å². The highest BCUT2D eigenvalue weighted by molar-refractivity contribution is 7.18. The van der Waals surface area contributed by atoms with Crippen LogP contribution in [0.15, 0.2) is 10.2 Å². The van der Waals surface area contributed by atoms with Gasteiger partial charge in [0.2, 0.25) is 5.13 Å². The molecule has 2 rings (SSSR count). The second-order valence-electron chi connectivity index (χ2n) is 6.43. The van der Waals surface area contributed by atoms with E-state index in [9.17, 15) is 20.3 Å². The summed E-state index contributed by atoms with van der Waals surface area (Å²) in [5, 5.41) is 39.8. The lowest BCUT2D eigenvalue weighted by molar-refractivity contribution is -0.380. The molecule has 0 saturated heterocycles. The predicted molar refractivity (Wildman–Crippen MR) is 105 cm³/mol. The van der Waals surface area contributed by atoms with Crippen molar-refractivity contribution in [3.05, 3.63) is 32.5 Å². The fourth-order valence-corrected chi connectivity index (χ4v) is 3.56. The third-order valence-corrected chi connectivity index (χ3v) is 5.46. The number of aryl methyl sites for hydroxylation is 1. The Bertz CT molecular complexity index is 877. The number of benzene rings is 1. The quantitative estimate of drug-likeness (QED) is 0.250. The maximum absolute atomic E-state index is 10.9. The van der Waals surface area contributed by atoms with Crippen LogP contribution in [0, 0.1) is 30.9 Å². The van der Waals surface area contributed by atoms with E-state index in [-0.39, 0.29) is 33.0 Å². The van der Waals surface area contributed by atoms with Gasteiger partial charge in [0.25, 0.3) is 0 Å². The molecule has 0 aliphatic rings. The molecule has 0 unspecified atom stereocenters. The molecule has 0 bridgehead atoms. The number of rotatable bonds is 8. The molecule has 9 heteroatoms. The van der Waals surface area contributed by atoms with Gasteiger partial charge in [0, 0.05) is 5.56 Å². The summed E-state index contributed by atoms with van der Waals surface area (Å²) < 4.78 is 0. The maximum atomic E-state index is 10.9. The fraction of sp³-hybridized carbons (Fsp3) is 0.500. The molecule has 8 nitrogen and oxygen atoms in total. The van der Waals surface area contributed by atoms with E-state index < -0.39 is 4.92 Å². The minimum Gasteiger partial charge on any atom is -0.507 e. The number of phenols is 2. The van der Waals surface area contributed by atoms with Crippen LogP contribution in [-0.4, -0.2) is 20.1 Å². The van der Waals surface area contributed by atoms with Crippen molar-refractivity contribution in [1.29, 1.82) is 0 Å². The van der Waals surface area contributed by atoms with Gasteiger partial charge in [0.1, 0.15) is 22.9 Å². The highest BCUT2D eigenvalue weighted by Crippen LogP contribution is 2.44. The molecule has 1 heterocycles. The number of hydrogen-bond acceptors (Lipinski definition) is 8. The summed E-state index contributed by atoms with van der Waals surface area (Å²) in [6.45, 7) is 7.07. The Morgan fingerprint density at radius 1 is 1.07 bits per heavy atom. The van der Waals surface area contributed by atoms with Crippen LogP contribution in [0.5, 0.6) is 11.5 Å². The average molecular weight is 392 g/mol. The minimum absolute atomic E-state index is 0.0802. The van der Waals surface area contributed by atoms with Gasteiger partial charge in [0.05, 0.1) is 4.92 Å². The molecule has 146 valence electrons. The zero-order chi connectivity index (χ0) is 20.1. The summed E-state index contributed by atoms with van der Waals surface area (Å²) >= 11 is 0.828. The lowest BCUT2D eigenvalue weighted by Crippen LogP contribution is -1.95. The zero-order valence-corrected chi connectivity index (χ0v) is 16.8. The SMILES string of the molecule is CCCCCCc1c(C)c(N=Nc2nc(C)c([N+](=O)[O-])s2)c(O)c(C)c1O. The van der Waals surface area contributed by atoms with E-state index in [1.54, 1.807) is 13.8 Å². The smallest absolute Gasteiger partial charge is 0.348 e. The van der Waals surface area contributed by atoms with Gasteiger partial charge >= 0.3 is 5.00 Å². The van der Waals surface area contributed by atoms with Crippen molar-refractivity contribution in [1.82, 2.24) is 4.98 Å². The molecule has 0 radical (unpaired) electrons. The molecule has 2 N–H and O–H groups in total. The Kier molecular flexibility index (Phi) is 6.84. The van der Waals surface area contributed by atoms with E-state index in [1.165, 1.54) is 6.92 Å². The highest BCUT2D eigenvalue weighted by Gasteiger charge is 2.20.